The van der Waals surface area contributed by atoms with E-state index in [1.54, 1.807) is 12.3 Å². The molecule has 1 fully saturated rings. The van der Waals surface area contributed by atoms with E-state index in [1.165, 1.54) is 19.1 Å². The van der Waals surface area contributed by atoms with Gasteiger partial charge in [-0.3, -0.25) is 14.6 Å². The quantitative estimate of drug-likeness (QED) is 0.414. The molecular weight excluding hydrogens is 453 g/mol. The Balaban J connectivity index is 1.42. The van der Waals surface area contributed by atoms with Crippen LogP contribution in [0.5, 0.6) is 0 Å². The Morgan fingerprint density at radius 3 is 2.82 bits per heavy atom. The maximum Gasteiger partial charge on any atom is 0.325 e. The molecule has 1 saturated heterocycles. The Bertz CT molecular complexity index is 1420. The number of benzene rings is 1. The second-order valence-corrected chi connectivity index (χ2v) is 9.98. The van der Waals surface area contributed by atoms with Crippen molar-refractivity contribution in [1.29, 1.82) is 0 Å². The lowest BCUT2D eigenvalue weighted by Crippen LogP contribution is -2.47. The predicted octanol–water partition coefficient (Wildman–Crippen LogP) is 0.752. The Labute approximate surface area is 188 Å². The molecule has 1 aliphatic heterocycles. The van der Waals surface area contributed by atoms with E-state index in [-0.39, 0.29) is 30.5 Å². The van der Waals surface area contributed by atoms with Crippen molar-refractivity contribution >= 4 is 26.8 Å². The summed E-state index contributed by atoms with van der Waals surface area (Å²) in [6.07, 6.45) is 3.22. The minimum atomic E-state index is -4.19. The van der Waals surface area contributed by atoms with E-state index in [0.29, 0.717) is 25.8 Å². The Kier molecular flexibility index (Phi) is 6.21. The van der Waals surface area contributed by atoms with E-state index in [9.17, 15) is 27.2 Å². The fourth-order valence-electron chi connectivity index (χ4n) is 4.23. The summed E-state index contributed by atoms with van der Waals surface area (Å²) in [6.45, 7) is 1.76. The van der Waals surface area contributed by atoms with Crippen LogP contribution < -0.4 is 16.6 Å². The van der Waals surface area contributed by atoms with E-state index >= 15 is 0 Å². The molecule has 0 bridgehead atoms. The largest absolute Gasteiger partial charge is 0.361 e. The third kappa shape index (κ3) is 4.62. The third-order valence-corrected chi connectivity index (χ3v) is 7.87. The van der Waals surface area contributed by atoms with Gasteiger partial charge in [-0.05, 0) is 49.9 Å². The van der Waals surface area contributed by atoms with Gasteiger partial charge in [-0.25, -0.2) is 17.6 Å². The number of hydrogen-bond acceptors (Lipinski definition) is 5. The second kappa shape index (κ2) is 8.94. The third-order valence-electron chi connectivity index (χ3n) is 5.85. The van der Waals surface area contributed by atoms with E-state index in [1.807, 2.05) is 4.98 Å². The molecule has 4 rings (SSSR count). The summed E-state index contributed by atoms with van der Waals surface area (Å²) in [7, 11) is -4.19. The first-order valence-electron chi connectivity index (χ1n) is 10.5. The zero-order valence-electron chi connectivity index (χ0n) is 17.9. The SMILES string of the molecule is Cc1[nH]c(=O)[nH]c(=O)c1S(=O)(=O)N1CCC[C@H](C(=O)NCCc2c[nH]c3ccc(F)cc23)C1. The summed E-state index contributed by atoms with van der Waals surface area (Å²) < 4.78 is 40.7. The highest BCUT2D eigenvalue weighted by Gasteiger charge is 2.35. The van der Waals surface area contributed by atoms with Gasteiger partial charge in [-0.2, -0.15) is 4.31 Å². The van der Waals surface area contributed by atoms with Gasteiger partial charge in [0.05, 0.1) is 5.92 Å². The fourth-order valence-corrected chi connectivity index (χ4v) is 5.95. The molecule has 3 aromatic rings. The van der Waals surface area contributed by atoms with Gasteiger partial charge >= 0.3 is 5.69 Å². The molecule has 4 N–H and O–H groups in total. The first kappa shape index (κ1) is 22.9. The van der Waals surface area contributed by atoms with Crippen molar-refractivity contribution in [2.24, 2.45) is 5.92 Å². The lowest BCUT2D eigenvalue weighted by atomic mass is 9.98. The van der Waals surface area contributed by atoms with Gasteiger partial charge < -0.3 is 15.3 Å². The highest BCUT2D eigenvalue weighted by atomic mass is 32.2. The Morgan fingerprint density at radius 2 is 2.06 bits per heavy atom. The predicted molar refractivity (Wildman–Crippen MR) is 119 cm³/mol. The number of sulfonamides is 1. The lowest BCUT2D eigenvalue weighted by molar-refractivity contribution is -0.126. The van der Waals surface area contributed by atoms with Crippen LogP contribution in [0.4, 0.5) is 4.39 Å². The number of halogens is 1. The number of hydrogen-bond donors (Lipinski definition) is 4. The molecule has 0 saturated carbocycles. The van der Waals surface area contributed by atoms with E-state index < -0.39 is 32.1 Å². The van der Waals surface area contributed by atoms with Gasteiger partial charge in [0.25, 0.3) is 5.56 Å². The van der Waals surface area contributed by atoms with Gasteiger partial charge in [-0.15, -0.1) is 0 Å². The number of piperidine rings is 1. The zero-order valence-corrected chi connectivity index (χ0v) is 18.7. The first-order chi connectivity index (χ1) is 15.7. The van der Waals surface area contributed by atoms with Gasteiger partial charge in [0.1, 0.15) is 5.82 Å². The average molecular weight is 478 g/mol. The van der Waals surface area contributed by atoms with Crippen LogP contribution in [-0.4, -0.2) is 53.2 Å². The molecule has 0 aliphatic carbocycles. The number of amides is 1. The van der Waals surface area contributed by atoms with Gasteiger partial charge in [0.2, 0.25) is 15.9 Å². The molecule has 2 aromatic heterocycles. The number of H-pyrrole nitrogens is 3. The van der Waals surface area contributed by atoms with Crippen molar-refractivity contribution in [2.45, 2.75) is 31.1 Å². The minimum Gasteiger partial charge on any atom is -0.361 e. The monoisotopic (exact) mass is 477 g/mol. The standard InChI is InChI=1S/C21H24FN5O5S/c1-12-18(20(29)26-21(30)25-12)33(31,32)27-8-2-3-14(11-27)19(28)23-7-6-13-10-24-17-5-4-15(22)9-16(13)17/h4-5,9-10,14,24H,2-3,6-8,11H2,1H3,(H,23,28)(H2,25,26,29,30)/t14-/m0/s1. The van der Waals surface area contributed by atoms with Crippen LogP contribution in [0.25, 0.3) is 10.9 Å². The Hall–Kier alpha value is -3.25. The maximum atomic E-state index is 13.5. The highest BCUT2D eigenvalue weighted by molar-refractivity contribution is 7.89. The summed E-state index contributed by atoms with van der Waals surface area (Å²) in [6, 6.07) is 4.46. The smallest absolute Gasteiger partial charge is 0.325 e. The number of nitrogens with one attached hydrogen (secondary N) is 4. The molecule has 1 aliphatic rings. The number of nitrogens with zero attached hydrogens (tertiary/aromatic N) is 1. The number of aromatic nitrogens is 3. The van der Waals surface area contributed by atoms with E-state index in [0.717, 1.165) is 20.8 Å². The number of aromatic amines is 3. The Morgan fingerprint density at radius 1 is 1.27 bits per heavy atom. The van der Waals surface area contributed by atoms with Crippen molar-refractivity contribution in [3.63, 3.8) is 0 Å². The molecule has 0 radical (unpaired) electrons. The first-order valence-corrected chi connectivity index (χ1v) is 12.0. The summed E-state index contributed by atoms with van der Waals surface area (Å²) in [5.41, 5.74) is -0.155. The fraction of sp³-hybridized carbons (Fsp3) is 0.381. The van der Waals surface area contributed by atoms with Crippen molar-refractivity contribution in [3.8, 4) is 0 Å². The van der Waals surface area contributed by atoms with Gasteiger partial charge in [0.15, 0.2) is 4.90 Å². The lowest BCUT2D eigenvalue weighted by Gasteiger charge is -2.31. The van der Waals surface area contributed by atoms with Crippen molar-refractivity contribution in [1.82, 2.24) is 24.6 Å². The van der Waals surface area contributed by atoms with Crippen LogP contribution in [0.15, 0.2) is 38.9 Å². The van der Waals surface area contributed by atoms with Crippen molar-refractivity contribution in [3.05, 3.63) is 62.3 Å². The summed E-state index contributed by atoms with van der Waals surface area (Å²) in [4.78, 5) is 43.0. The van der Waals surface area contributed by atoms with Crippen LogP contribution in [0.1, 0.15) is 24.1 Å². The van der Waals surface area contributed by atoms with Crippen LogP contribution >= 0.6 is 0 Å². The normalized spacial score (nSPS) is 17.3. The number of carbonyl (C=O) groups excluding carboxylic acids is 1. The van der Waals surface area contributed by atoms with Gasteiger partial charge in [-0.1, -0.05) is 0 Å². The molecule has 3 heterocycles. The average Bonchev–Trinajstić information content (AvgIpc) is 3.15. The molecule has 10 nitrogen and oxygen atoms in total. The second-order valence-electron chi connectivity index (χ2n) is 8.11. The molecule has 176 valence electrons. The highest BCUT2D eigenvalue weighted by Crippen LogP contribution is 2.23. The molecule has 1 aromatic carbocycles. The molecule has 0 unspecified atom stereocenters. The van der Waals surface area contributed by atoms with Crippen LogP contribution in [-0.2, 0) is 21.2 Å². The summed E-state index contributed by atoms with van der Waals surface area (Å²) in [5.74, 6) is -1.20. The van der Waals surface area contributed by atoms with Gasteiger partial charge in [0, 0.05) is 42.4 Å². The minimum absolute atomic E-state index is 0.0505. The summed E-state index contributed by atoms with van der Waals surface area (Å²) >= 11 is 0. The number of carbonyl (C=O) groups is 1. The van der Waals surface area contributed by atoms with Crippen LogP contribution in [0, 0.1) is 18.7 Å². The number of fused-ring (bicyclic) bond motifs is 1. The van der Waals surface area contributed by atoms with E-state index in [4.69, 9.17) is 0 Å². The molecule has 1 amide bonds. The number of rotatable bonds is 6. The molecule has 33 heavy (non-hydrogen) atoms. The molecular formula is C21H24FN5O5S. The zero-order chi connectivity index (χ0) is 23.8. The van der Waals surface area contributed by atoms with Crippen LogP contribution in [0.3, 0.4) is 0 Å². The molecule has 12 heteroatoms. The van der Waals surface area contributed by atoms with E-state index in [2.05, 4.69) is 15.3 Å². The summed E-state index contributed by atoms with van der Waals surface area (Å²) in [5, 5.41) is 3.58. The van der Waals surface area contributed by atoms with Crippen molar-refractivity contribution in [2.75, 3.05) is 19.6 Å². The van der Waals surface area contributed by atoms with Crippen molar-refractivity contribution < 1.29 is 17.6 Å². The van der Waals surface area contributed by atoms with Crippen LogP contribution in [0.2, 0.25) is 0 Å². The molecule has 1 atom stereocenters. The number of aryl methyl sites for hydroxylation is 1. The maximum absolute atomic E-state index is 13.5. The topological polar surface area (TPSA) is 148 Å². The molecule has 0 spiro atoms.